The molecule has 78 valence electrons. The first kappa shape index (κ1) is 10.9. The third kappa shape index (κ3) is 2.17. The third-order valence-corrected chi connectivity index (χ3v) is 2.36. The van der Waals surface area contributed by atoms with Crippen LogP contribution in [0, 0.1) is 6.92 Å². The van der Waals surface area contributed by atoms with Gasteiger partial charge in [0.05, 0.1) is 0 Å². The van der Waals surface area contributed by atoms with E-state index in [9.17, 15) is 0 Å². The number of aliphatic hydroxyl groups is 1. The Morgan fingerprint density at radius 2 is 2.14 bits per heavy atom. The summed E-state index contributed by atoms with van der Waals surface area (Å²) in [5.41, 5.74) is 9.88. The maximum Gasteiger partial charge on any atom is 0.0472 e. The Morgan fingerprint density at radius 3 is 2.71 bits per heavy atom. The van der Waals surface area contributed by atoms with E-state index in [1.54, 1.807) is 0 Å². The Labute approximate surface area is 84.9 Å². The van der Waals surface area contributed by atoms with Crippen LogP contribution in [0.4, 0.5) is 11.4 Å². The summed E-state index contributed by atoms with van der Waals surface area (Å²) >= 11 is 0. The lowest BCUT2D eigenvalue weighted by Crippen LogP contribution is -2.05. The second kappa shape index (κ2) is 4.86. The molecule has 0 radical (unpaired) electrons. The van der Waals surface area contributed by atoms with E-state index in [2.05, 4.69) is 12.2 Å². The molecule has 0 bridgehead atoms. The number of nitrogen functional groups attached to an aromatic ring is 1. The monoisotopic (exact) mass is 194 g/mol. The van der Waals surface area contributed by atoms with Gasteiger partial charge in [-0.1, -0.05) is 0 Å². The Morgan fingerprint density at radius 1 is 1.43 bits per heavy atom. The molecule has 0 aromatic heterocycles. The highest BCUT2D eigenvalue weighted by molar-refractivity contribution is 5.63. The van der Waals surface area contributed by atoms with E-state index >= 15 is 0 Å². The van der Waals surface area contributed by atoms with Crippen LogP contribution < -0.4 is 11.1 Å². The smallest absolute Gasteiger partial charge is 0.0472 e. The molecule has 0 spiro atoms. The predicted octanol–water partition coefficient (Wildman–Crippen LogP) is 1.54. The van der Waals surface area contributed by atoms with E-state index in [1.807, 2.05) is 19.1 Å². The molecule has 0 aliphatic carbocycles. The van der Waals surface area contributed by atoms with Crippen LogP contribution in [-0.4, -0.2) is 18.3 Å². The average Bonchev–Trinajstić information content (AvgIpc) is 2.17. The Bertz CT molecular complexity index is 310. The van der Waals surface area contributed by atoms with E-state index in [0.29, 0.717) is 6.42 Å². The van der Waals surface area contributed by atoms with Gasteiger partial charge in [-0.05, 0) is 43.5 Å². The number of hydrogen-bond donors (Lipinski definition) is 3. The van der Waals surface area contributed by atoms with E-state index in [1.165, 1.54) is 0 Å². The predicted molar refractivity (Wildman–Crippen MR) is 60.5 cm³/mol. The van der Waals surface area contributed by atoms with Gasteiger partial charge in [0.1, 0.15) is 0 Å². The third-order valence-electron chi connectivity index (χ3n) is 2.36. The fraction of sp³-hybridized carbons (Fsp3) is 0.455. The van der Waals surface area contributed by atoms with Gasteiger partial charge in [0.25, 0.3) is 0 Å². The highest BCUT2D eigenvalue weighted by Gasteiger charge is 2.06. The summed E-state index contributed by atoms with van der Waals surface area (Å²) in [7, 11) is 0. The molecule has 0 aliphatic heterocycles. The van der Waals surface area contributed by atoms with Crippen molar-refractivity contribution in [2.75, 3.05) is 24.2 Å². The lowest BCUT2D eigenvalue weighted by Gasteiger charge is -2.13. The topological polar surface area (TPSA) is 58.3 Å². The van der Waals surface area contributed by atoms with Crippen LogP contribution in [0.5, 0.6) is 0 Å². The van der Waals surface area contributed by atoms with Gasteiger partial charge in [-0.15, -0.1) is 0 Å². The normalized spacial score (nSPS) is 10.2. The van der Waals surface area contributed by atoms with Gasteiger partial charge in [0.15, 0.2) is 0 Å². The summed E-state index contributed by atoms with van der Waals surface area (Å²) in [6.07, 6.45) is 0.622. The molecule has 0 aliphatic rings. The van der Waals surface area contributed by atoms with Gasteiger partial charge >= 0.3 is 0 Å². The lowest BCUT2D eigenvalue weighted by molar-refractivity contribution is 0.299. The van der Waals surface area contributed by atoms with Crippen molar-refractivity contribution >= 4 is 11.4 Å². The maximum atomic E-state index is 8.91. The zero-order chi connectivity index (χ0) is 10.6. The largest absolute Gasteiger partial charge is 0.398 e. The summed E-state index contributed by atoms with van der Waals surface area (Å²) < 4.78 is 0. The molecule has 0 heterocycles. The standard InChI is InChI=1S/C11H18N2O/c1-3-13-11-5-4-10(12)9(6-7-14)8(11)2/h4-5,13-14H,3,6-7,12H2,1-2H3. The van der Waals surface area contributed by atoms with Gasteiger partial charge < -0.3 is 16.2 Å². The molecule has 14 heavy (non-hydrogen) atoms. The van der Waals surface area contributed by atoms with Gasteiger partial charge in [-0.25, -0.2) is 0 Å². The second-order valence-corrected chi connectivity index (χ2v) is 3.31. The summed E-state index contributed by atoms with van der Waals surface area (Å²) in [6.45, 7) is 5.12. The quantitative estimate of drug-likeness (QED) is 0.637. The van der Waals surface area contributed by atoms with Crippen molar-refractivity contribution in [3.05, 3.63) is 23.3 Å². The molecule has 3 heteroatoms. The number of aliphatic hydroxyl groups excluding tert-OH is 1. The molecule has 3 nitrogen and oxygen atoms in total. The average molecular weight is 194 g/mol. The first-order chi connectivity index (χ1) is 6.70. The molecule has 4 N–H and O–H groups in total. The molecule has 0 fully saturated rings. The SMILES string of the molecule is CCNc1ccc(N)c(CCO)c1C. The minimum Gasteiger partial charge on any atom is -0.398 e. The van der Waals surface area contributed by atoms with Gasteiger partial charge in [0, 0.05) is 24.5 Å². The summed E-state index contributed by atoms with van der Waals surface area (Å²) in [5, 5.41) is 12.2. The number of anilines is 2. The van der Waals surface area contributed by atoms with Crippen LogP contribution in [0.1, 0.15) is 18.1 Å². The molecule has 0 saturated carbocycles. The van der Waals surface area contributed by atoms with Gasteiger partial charge in [-0.3, -0.25) is 0 Å². The molecule has 1 aromatic carbocycles. The van der Waals surface area contributed by atoms with Crippen LogP contribution in [-0.2, 0) is 6.42 Å². The van der Waals surface area contributed by atoms with E-state index in [4.69, 9.17) is 10.8 Å². The lowest BCUT2D eigenvalue weighted by atomic mass is 10.0. The summed E-state index contributed by atoms with van der Waals surface area (Å²) in [6, 6.07) is 3.87. The molecular formula is C11H18N2O. The van der Waals surface area contributed by atoms with Crippen molar-refractivity contribution in [1.29, 1.82) is 0 Å². The zero-order valence-electron chi connectivity index (χ0n) is 8.80. The molecular weight excluding hydrogens is 176 g/mol. The van der Waals surface area contributed by atoms with Crippen LogP contribution >= 0.6 is 0 Å². The van der Waals surface area contributed by atoms with Gasteiger partial charge in [0.2, 0.25) is 0 Å². The maximum absolute atomic E-state index is 8.91. The van der Waals surface area contributed by atoms with Crippen LogP contribution in [0.15, 0.2) is 12.1 Å². The van der Waals surface area contributed by atoms with E-state index in [-0.39, 0.29) is 6.61 Å². The summed E-state index contributed by atoms with van der Waals surface area (Å²) in [4.78, 5) is 0. The highest BCUT2D eigenvalue weighted by Crippen LogP contribution is 2.24. The van der Waals surface area contributed by atoms with E-state index < -0.39 is 0 Å². The minimum atomic E-state index is 0.140. The fourth-order valence-electron chi connectivity index (χ4n) is 1.60. The van der Waals surface area contributed by atoms with Crippen LogP contribution in [0.3, 0.4) is 0 Å². The molecule has 0 amide bonds. The second-order valence-electron chi connectivity index (χ2n) is 3.31. The number of hydrogen-bond acceptors (Lipinski definition) is 3. The van der Waals surface area contributed by atoms with Crippen molar-refractivity contribution < 1.29 is 5.11 Å². The fourth-order valence-corrected chi connectivity index (χ4v) is 1.60. The Hall–Kier alpha value is -1.22. The van der Waals surface area contributed by atoms with Crippen molar-refractivity contribution in [3.63, 3.8) is 0 Å². The molecule has 0 saturated heterocycles. The van der Waals surface area contributed by atoms with Crippen molar-refractivity contribution in [3.8, 4) is 0 Å². The molecule has 0 unspecified atom stereocenters. The number of rotatable bonds is 4. The van der Waals surface area contributed by atoms with Crippen LogP contribution in [0.25, 0.3) is 0 Å². The Balaban J connectivity index is 3.05. The molecule has 1 rings (SSSR count). The number of nitrogens with one attached hydrogen (secondary N) is 1. The highest BCUT2D eigenvalue weighted by atomic mass is 16.2. The number of nitrogens with two attached hydrogens (primary N) is 1. The first-order valence-electron chi connectivity index (χ1n) is 4.93. The van der Waals surface area contributed by atoms with Gasteiger partial charge in [-0.2, -0.15) is 0 Å². The Kier molecular flexibility index (Phi) is 3.77. The number of benzene rings is 1. The van der Waals surface area contributed by atoms with Crippen LogP contribution in [0.2, 0.25) is 0 Å². The molecule has 0 atom stereocenters. The zero-order valence-corrected chi connectivity index (χ0v) is 8.80. The first-order valence-corrected chi connectivity index (χ1v) is 4.93. The van der Waals surface area contributed by atoms with E-state index in [0.717, 1.165) is 29.0 Å². The molecule has 1 aromatic rings. The van der Waals surface area contributed by atoms with Crippen molar-refractivity contribution in [1.82, 2.24) is 0 Å². The summed E-state index contributed by atoms with van der Waals surface area (Å²) in [5.74, 6) is 0. The minimum absolute atomic E-state index is 0.140. The van der Waals surface area contributed by atoms with Crippen molar-refractivity contribution in [2.45, 2.75) is 20.3 Å². The van der Waals surface area contributed by atoms with Crippen molar-refractivity contribution in [2.24, 2.45) is 0 Å².